The molecule has 2 rings (SSSR count). The molecule has 0 unspecified atom stereocenters. The monoisotopic (exact) mass is 253 g/mol. The Kier molecular flexibility index (Phi) is 2.10. The fourth-order valence-corrected chi connectivity index (χ4v) is 2.48. The minimum absolute atomic E-state index is 0.117. The normalized spacial score (nSPS) is 12.3. The van der Waals surface area contributed by atoms with Crippen LogP contribution in [0.4, 0.5) is 0 Å². The van der Waals surface area contributed by atoms with Crippen LogP contribution in [-0.4, -0.2) is 15.4 Å². The summed E-state index contributed by atoms with van der Waals surface area (Å²) in [6, 6.07) is 4.08. The Balaban J connectivity index is 2.74. The lowest BCUT2D eigenvalue weighted by atomic mass is 9.87. The van der Waals surface area contributed by atoms with Crippen LogP contribution in [0.2, 0.25) is 0 Å². The summed E-state index contributed by atoms with van der Waals surface area (Å²) < 4.78 is 1.04. The molecule has 4 heteroatoms. The van der Waals surface area contributed by atoms with Crippen LogP contribution in [0.1, 0.15) is 26.3 Å². The topological polar surface area (TPSA) is 41.6 Å². The van der Waals surface area contributed by atoms with E-state index in [1.807, 2.05) is 6.07 Å². The first-order chi connectivity index (χ1) is 6.50. The summed E-state index contributed by atoms with van der Waals surface area (Å²) in [7, 11) is 0. The van der Waals surface area contributed by atoms with E-state index >= 15 is 0 Å². The summed E-state index contributed by atoms with van der Waals surface area (Å²) in [4.78, 5) is 0. The number of hydrogen-bond acceptors (Lipinski definition) is 2. The Labute approximate surface area is 91.0 Å². The number of fused-ring (bicyclic) bond motifs is 1. The first-order valence-corrected chi connectivity index (χ1v) is 5.29. The summed E-state index contributed by atoms with van der Waals surface area (Å²) in [6.07, 6.45) is 0. The van der Waals surface area contributed by atoms with Crippen molar-refractivity contribution in [2.45, 2.75) is 26.2 Å². The van der Waals surface area contributed by atoms with E-state index in [-0.39, 0.29) is 5.41 Å². The number of H-pyrrole nitrogens is 1. The van der Waals surface area contributed by atoms with Crippen LogP contribution in [0.15, 0.2) is 16.6 Å². The van der Waals surface area contributed by atoms with E-state index in [0.29, 0.717) is 0 Å². The van der Waals surface area contributed by atoms with Gasteiger partial charge in [0.2, 0.25) is 0 Å². The van der Waals surface area contributed by atoms with E-state index in [0.717, 1.165) is 15.5 Å². The molecule has 1 aromatic carbocycles. The van der Waals surface area contributed by atoms with Crippen LogP contribution >= 0.6 is 15.9 Å². The highest BCUT2D eigenvalue weighted by Gasteiger charge is 2.19. The number of rotatable bonds is 0. The molecule has 0 bridgehead atoms. The summed E-state index contributed by atoms with van der Waals surface area (Å²) in [6.45, 7) is 6.54. The minimum atomic E-state index is 0.117. The zero-order chi connectivity index (χ0) is 10.3. The predicted molar refractivity (Wildman–Crippen MR) is 60.3 cm³/mol. The molecule has 0 fully saturated rings. The zero-order valence-electron chi connectivity index (χ0n) is 8.43. The first kappa shape index (κ1) is 9.65. The molecule has 2 aromatic rings. The van der Waals surface area contributed by atoms with Gasteiger partial charge < -0.3 is 0 Å². The van der Waals surface area contributed by atoms with Gasteiger partial charge in [0, 0.05) is 0 Å². The highest BCUT2D eigenvalue weighted by molar-refractivity contribution is 9.10. The lowest BCUT2D eigenvalue weighted by Gasteiger charge is -2.20. The van der Waals surface area contributed by atoms with Crippen molar-refractivity contribution < 1.29 is 0 Å². The molecule has 0 aliphatic rings. The molecule has 0 saturated carbocycles. The van der Waals surface area contributed by atoms with Gasteiger partial charge in [-0.15, -0.1) is 0 Å². The molecule has 0 saturated heterocycles. The second kappa shape index (κ2) is 3.05. The van der Waals surface area contributed by atoms with Gasteiger partial charge in [-0.25, -0.2) is 0 Å². The number of hydrogen-bond donors (Lipinski definition) is 1. The molecule has 0 atom stereocenters. The van der Waals surface area contributed by atoms with Crippen molar-refractivity contribution in [3.8, 4) is 0 Å². The predicted octanol–water partition coefficient (Wildman–Crippen LogP) is 3.02. The molecule has 0 amide bonds. The van der Waals surface area contributed by atoms with Gasteiger partial charge in [-0.1, -0.05) is 26.8 Å². The Bertz CT molecular complexity index is 468. The molecule has 1 aromatic heterocycles. The smallest absolute Gasteiger partial charge is 0.127 e. The highest BCUT2D eigenvalue weighted by Crippen LogP contribution is 2.33. The average molecular weight is 254 g/mol. The Morgan fingerprint density at radius 1 is 1.21 bits per heavy atom. The number of aromatic amines is 1. The fraction of sp³-hybridized carbons (Fsp3) is 0.400. The molecule has 0 aliphatic heterocycles. The summed E-state index contributed by atoms with van der Waals surface area (Å²) in [5, 5.41) is 10.8. The molecule has 1 heterocycles. The van der Waals surface area contributed by atoms with E-state index in [4.69, 9.17) is 0 Å². The third-order valence-electron chi connectivity index (χ3n) is 2.24. The molecule has 1 N–H and O–H groups in total. The highest BCUT2D eigenvalue weighted by atomic mass is 79.9. The van der Waals surface area contributed by atoms with E-state index in [2.05, 4.69) is 58.2 Å². The first-order valence-electron chi connectivity index (χ1n) is 4.49. The van der Waals surface area contributed by atoms with Gasteiger partial charge in [0.1, 0.15) is 11.0 Å². The Morgan fingerprint density at radius 3 is 2.57 bits per heavy atom. The van der Waals surface area contributed by atoms with Crippen LogP contribution in [0.5, 0.6) is 0 Å². The lowest BCUT2D eigenvalue weighted by molar-refractivity contribution is 0.588. The van der Waals surface area contributed by atoms with Crippen LogP contribution < -0.4 is 0 Å². The van der Waals surface area contributed by atoms with Gasteiger partial charge >= 0.3 is 0 Å². The van der Waals surface area contributed by atoms with Crippen molar-refractivity contribution in [3.63, 3.8) is 0 Å². The maximum atomic E-state index is 4.11. The van der Waals surface area contributed by atoms with E-state index in [1.54, 1.807) is 0 Å². The van der Waals surface area contributed by atoms with E-state index in [9.17, 15) is 0 Å². The maximum absolute atomic E-state index is 4.11. The molecule has 3 nitrogen and oxygen atoms in total. The van der Waals surface area contributed by atoms with E-state index < -0.39 is 0 Å². The van der Waals surface area contributed by atoms with Crippen LogP contribution in [0.25, 0.3) is 11.0 Å². The second-order valence-electron chi connectivity index (χ2n) is 4.37. The van der Waals surface area contributed by atoms with Crippen molar-refractivity contribution in [1.29, 1.82) is 0 Å². The molecular weight excluding hydrogens is 242 g/mol. The third-order valence-corrected chi connectivity index (χ3v) is 3.04. The SMILES string of the molecule is CC(C)(C)c1ccc2n[nH]nc2c1Br. The molecule has 0 aliphatic carbocycles. The summed E-state index contributed by atoms with van der Waals surface area (Å²) in [5.74, 6) is 0. The number of benzene rings is 1. The van der Waals surface area contributed by atoms with Gasteiger partial charge in [-0.05, 0) is 33.0 Å². The quantitative estimate of drug-likeness (QED) is 0.785. The van der Waals surface area contributed by atoms with Gasteiger partial charge in [0.15, 0.2) is 0 Å². The lowest BCUT2D eigenvalue weighted by Crippen LogP contribution is -2.11. The van der Waals surface area contributed by atoms with Crippen molar-refractivity contribution in [1.82, 2.24) is 15.4 Å². The van der Waals surface area contributed by atoms with Gasteiger partial charge in [-0.3, -0.25) is 0 Å². The second-order valence-corrected chi connectivity index (χ2v) is 5.16. The Hall–Kier alpha value is -0.900. The Morgan fingerprint density at radius 2 is 1.93 bits per heavy atom. The number of aromatic nitrogens is 3. The zero-order valence-corrected chi connectivity index (χ0v) is 10.0. The number of nitrogens with one attached hydrogen (secondary N) is 1. The van der Waals surface area contributed by atoms with Crippen molar-refractivity contribution in [2.24, 2.45) is 0 Å². The van der Waals surface area contributed by atoms with Gasteiger partial charge in [0.05, 0.1) is 4.47 Å². The number of nitrogens with zero attached hydrogens (tertiary/aromatic N) is 2. The fourth-order valence-electron chi connectivity index (χ4n) is 1.46. The molecule has 0 radical (unpaired) electrons. The minimum Gasteiger partial charge on any atom is -0.197 e. The van der Waals surface area contributed by atoms with E-state index in [1.165, 1.54) is 5.56 Å². The van der Waals surface area contributed by atoms with Crippen LogP contribution in [0.3, 0.4) is 0 Å². The average Bonchev–Trinajstić information content (AvgIpc) is 2.50. The van der Waals surface area contributed by atoms with Crippen LogP contribution in [0, 0.1) is 0 Å². The summed E-state index contributed by atoms with van der Waals surface area (Å²) >= 11 is 3.57. The van der Waals surface area contributed by atoms with Crippen LogP contribution in [-0.2, 0) is 5.41 Å². The maximum Gasteiger partial charge on any atom is 0.127 e. The standard InChI is InChI=1S/C10H12BrN3/c1-10(2,3)6-4-5-7-9(8(6)11)13-14-12-7/h4-5H,1-3H3,(H,12,13,14). The van der Waals surface area contributed by atoms with Crippen molar-refractivity contribution in [2.75, 3.05) is 0 Å². The number of halogens is 1. The molecule has 0 spiro atoms. The molecular formula is C10H12BrN3. The van der Waals surface area contributed by atoms with Gasteiger partial charge in [-0.2, -0.15) is 15.4 Å². The van der Waals surface area contributed by atoms with Crippen molar-refractivity contribution >= 4 is 27.0 Å². The summed E-state index contributed by atoms with van der Waals surface area (Å²) in [5.41, 5.74) is 3.16. The van der Waals surface area contributed by atoms with Gasteiger partial charge in [0.25, 0.3) is 0 Å². The largest absolute Gasteiger partial charge is 0.197 e. The molecule has 14 heavy (non-hydrogen) atoms. The van der Waals surface area contributed by atoms with Crippen molar-refractivity contribution in [3.05, 3.63) is 22.2 Å². The molecule has 74 valence electrons. The third kappa shape index (κ3) is 1.43.